The minimum Gasteiger partial charge on any atom is -0.497 e. The molecule has 1 heterocycles. The fourth-order valence-electron chi connectivity index (χ4n) is 2.78. The lowest BCUT2D eigenvalue weighted by Gasteiger charge is -2.28. The quantitative estimate of drug-likeness (QED) is 0.735. The topological polar surface area (TPSA) is 68.5 Å². The first-order valence-corrected chi connectivity index (χ1v) is 8.89. The van der Waals surface area contributed by atoms with E-state index in [0.29, 0.717) is 24.7 Å². The first-order valence-electron chi connectivity index (χ1n) is 8.89. The summed E-state index contributed by atoms with van der Waals surface area (Å²) in [5.41, 5.74) is 0.849. The molecule has 6 nitrogen and oxygen atoms in total. The van der Waals surface area contributed by atoms with Crippen LogP contribution >= 0.6 is 0 Å². The van der Waals surface area contributed by atoms with Crippen LogP contribution in [0.25, 0.3) is 11.4 Å². The van der Waals surface area contributed by atoms with Crippen LogP contribution in [-0.4, -0.2) is 40.6 Å². The Hall–Kier alpha value is -2.37. The third kappa shape index (κ3) is 4.18. The van der Waals surface area contributed by atoms with Crippen LogP contribution in [-0.2, 0) is 11.2 Å². The normalized spacial score (nSPS) is 15.0. The number of amides is 1. The lowest BCUT2D eigenvalue weighted by molar-refractivity contribution is -0.134. The fourth-order valence-corrected chi connectivity index (χ4v) is 2.78. The molecule has 1 aromatic heterocycles. The zero-order chi connectivity index (χ0) is 17.8. The molecule has 0 radical (unpaired) electrons. The molecule has 6 heteroatoms. The highest BCUT2D eigenvalue weighted by Gasteiger charge is 2.34. The summed E-state index contributed by atoms with van der Waals surface area (Å²) in [6.07, 6.45) is 3.55. The van der Waals surface area contributed by atoms with E-state index in [9.17, 15) is 4.79 Å². The molecule has 1 saturated carbocycles. The predicted octanol–water partition coefficient (Wildman–Crippen LogP) is 3.32. The van der Waals surface area contributed by atoms with E-state index in [1.807, 2.05) is 29.2 Å². The van der Waals surface area contributed by atoms with E-state index in [1.54, 1.807) is 7.11 Å². The zero-order valence-corrected chi connectivity index (χ0v) is 15.1. The molecule has 1 aliphatic rings. The summed E-state index contributed by atoms with van der Waals surface area (Å²) < 4.78 is 10.6. The van der Waals surface area contributed by atoms with Crippen LogP contribution in [0.2, 0.25) is 0 Å². The molecule has 0 aliphatic heterocycles. The largest absolute Gasteiger partial charge is 0.497 e. The van der Waals surface area contributed by atoms with Gasteiger partial charge in [0.05, 0.1) is 7.11 Å². The Morgan fingerprint density at radius 1 is 1.44 bits per heavy atom. The predicted molar refractivity (Wildman–Crippen MR) is 94.2 cm³/mol. The van der Waals surface area contributed by atoms with Crippen LogP contribution < -0.4 is 4.74 Å². The van der Waals surface area contributed by atoms with Gasteiger partial charge in [0.15, 0.2) is 0 Å². The van der Waals surface area contributed by atoms with Crippen molar-refractivity contribution in [3.05, 3.63) is 30.2 Å². The van der Waals surface area contributed by atoms with Gasteiger partial charge in [-0.3, -0.25) is 4.79 Å². The monoisotopic (exact) mass is 343 g/mol. The van der Waals surface area contributed by atoms with Crippen molar-refractivity contribution in [1.29, 1.82) is 0 Å². The van der Waals surface area contributed by atoms with Crippen LogP contribution in [0.1, 0.15) is 39.0 Å². The van der Waals surface area contributed by atoms with Gasteiger partial charge < -0.3 is 14.2 Å². The van der Waals surface area contributed by atoms with Crippen molar-refractivity contribution in [3.8, 4) is 17.1 Å². The Bertz CT molecular complexity index is 724. The lowest BCUT2D eigenvalue weighted by atomic mass is 10.2. The molecule has 1 unspecified atom stereocenters. The number of aromatic nitrogens is 2. The van der Waals surface area contributed by atoms with Crippen molar-refractivity contribution in [3.63, 3.8) is 0 Å². The van der Waals surface area contributed by atoms with Gasteiger partial charge in [0.1, 0.15) is 5.75 Å². The van der Waals surface area contributed by atoms with Gasteiger partial charge >= 0.3 is 0 Å². The Labute approximate surface area is 148 Å². The van der Waals surface area contributed by atoms with E-state index in [-0.39, 0.29) is 17.9 Å². The minimum absolute atomic E-state index is 0.226. The van der Waals surface area contributed by atoms with Crippen LogP contribution in [0.5, 0.6) is 5.75 Å². The molecule has 0 saturated heterocycles. The maximum absolute atomic E-state index is 12.5. The van der Waals surface area contributed by atoms with E-state index >= 15 is 0 Å². The van der Waals surface area contributed by atoms with Crippen molar-refractivity contribution in [2.24, 2.45) is 5.92 Å². The molecule has 1 atom stereocenters. The molecule has 2 aromatic rings. The molecule has 0 N–H and O–H groups in total. The van der Waals surface area contributed by atoms with Crippen molar-refractivity contribution >= 4 is 5.91 Å². The molecule has 1 aliphatic carbocycles. The number of rotatable bonds is 8. The number of carbonyl (C=O) groups is 1. The number of ether oxygens (including phenoxy) is 1. The zero-order valence-electron chi connectivity index (χ0n) is 15.1. The molecule has 3 rings (SSSR count). The second kappa shape index (κ2) is 7.68. The Morgan fingerprint density at radius 2 is 2.24 bits per heavy atom. The van der Waals surface area contributed by atoms with Crippen molar-refractivity contribution in [1.82, 2.24) is 15.0 Å². The second-order valence-corrected chi connectivity index (χ2v) is 6.56. The Balaban J connectivity index is 1.66. The van der Waals surface area contributed by atoms with Crippen molar-refractivity contribution < 1.29 is 14.1 Å². The van der Waals surface area contributed by atoms with E-state index in [4.69, 9.17) is 9.26 Å². The second-order valence-electron chi connectivity index (χ2n) is 6.56. The highest BCUT2D eigenvalue weighted by Crippen LogP contribution is 2.32. The number of nitrogens with zero attached hydrogens (tertiary/aromatic N) is 3. The Morgan fingerprint density at radius 3 is 2.92 bits per heavy atom. The fraction of sp³-hybridized carbons (Fsp3) is 0.526. The maximum Gasteiger partial charge on any atom is 0.228 e. The minimum atomic E-state index is 0.226. The molecule has 25 heavy (non-hydrogen) atoms. The van der Waals surface area contributed by atoms with Gasteiger partial charge in [0.25, 0.3) is 0 Å². The van der Waals surface area contributed by atoms with Gasteiger partial charge in [-0.1, -0.05) is 24.2 Å². The SMILES string of the molecule is CCC(C)N(CCc1nc(-c2cccc(OC)c2)no1)C(=O)C1CC1. The summed E-state index contributed by atoms with van der Waals surface area (Å²) in [4.78, 5) is 18.9. The summed E-state index contributed by atoms with van der Waals surface area (Å²) in [5.74, 6) is 2.33. The average molecular weight is 343 g/mol. The van der Waals surface area contributed by atoms with Gasteiger partial charge in [0, 0.05) is 30.5 Å². The highest BCUT2D eigenvalue weighted by molar-refractivity contribution is 5.81. The van der Waals surface area contributed by atoms with E-state index in [0.717, 1.165) is 30.6 Å². The summed E-state index contributed by atoms with van der Waals surface area (Å²) in [6.45, 7) is 4.81. The molecule has 1 amide bonds. The van der Waals surface area contributed by atoms with Crippen molar-refractivity contribution in [2.45, 2.75) is 45.6 Å². The third-order valence-electron chi connectivity index (χ3n) is 4.70. The Kier molecular flexibility index (Phi) is 5.36. The van der Waals surface area contributed by atoms with Crippen LogP contribution in [0.4, 0.5) is 0 Å². The van der Waals surface area contributed by atoms with Crippen LogP contribution in [0, 0.1) is 5.92 Å². The molecule has 1 fully saturated rings. The summed E-state index contributed by atoms with van der Waals surface area (Å²) in [5, 5.41) is 4.05. The standard InChI is InChI=1S/C19H25N3O3/c1-4-13(2)22(19(23)14-8-9-14)11-10-17-20-18(21-25-17)15-6-5-7-16(12-15)24-3/h5-7,12-14H,4,8-11H2,1-3H3. The van der Waals surface area contributed by atoms with Crippen LogP contribution in [0.15, 0.2) is 28.8 Å². The first kappa shape index (κ1) is 17.5. The van der Waals surface area contributed by atoms with Gasteiger partial charge in [-0.2, -0.15) is 4.98 Å². The van der Waals surface area contributed by atoms with E-state index in [2.05, 4.69) is 24.0 Å². The maximum atomic E-state index is 12.5. The highest BCUT2D eigenvalue weighted by atomic mass is 16.5. The van der Waals surface area contributed by atoms with Gasteiger partial charge in [-0.15, -0.1) is 0 Å². The van der Waals surface area contributed by atoms with Gasteiger partial charge in [0.2, 0.25) is 17.6 Å². The molecule has 134 valence electrons. The average Bonchev–Trinajstić information content (AvgIpc) is 3.40. The summed E-state index contributed by atoms with van der Waals surface area (Å²) >= 11 is 0. The molecular weight excluding hydrogens is 318 g/mol. The summed E-state index contributed by atoms with van der Waals surface area (Å²) in [6, 6.07) is 7.78. The number of hydrogen-bond donors (Lipinski definition) is 0. The molecule has 1 aromatic carbocycles. The van der Waals surface area contributed by atoms with Gasteiger partial charge in [-0.05, 0) is 38.3 Å². The summed E-state index contributed by atoms with van der Waals surface area (Å²) in [7, 11) is 1.63. The third-order valence-corrected chi connectivity index (χ3v) is 4.70. The van der Waals surface area contributed by atoms with Crippen LogP contribution in [0.3, 0.4) is 0 Å². The molecule has 0 bridgehead atoms. The first-order chi connectivity index (χ1) is 12.1. The smallest absolute Gasteiger partial charge is 0.228 e. The van der Waals surface area contributed by atoms with Crippen molar-refractivity contribution in [2.75, 3.05) is 13.7 Å². The van der Waals surface area contributed by atoms with E-state index < -0.39 is 0 Å². The molecule has 0 spiro atoms. The number of carbonyl (C=O) groups excluding carboxylic acids is 1. The number of hydrogen-bond acceptors (Lipinski definition) is 5. The lowest BCUT2D eigenvalue weighted by Crippen LogP contribution is -2.40. The van der Waals surface area contributed by atoms with Gasteiger partial charge in [-0.25, -0.2) is 0 Å². The molecular formula is C19H25N3O3. The van der Waals surface area contributed by atoms with E-state index in [1.165, 1.54) is 0 Å². The number of methoxy groups -OCH3 is 1. The number of benzene rings is 1.